The summed E-state index contributed by atoms with van der Waals surface area (Å²) in [6, 6.07) is 5.76. The van der Waals surface area contributed by atoms with E-state index in [4.69, 9.17) is 16.2 Å². The van der Waals surface area contributed by atoms with Crippen LogP contribution in [0.25, 0.3) is 0 Å². The van der Waals surface area contributed by atoms with Gasteiger partial charge in [0, 0.05) is 18.0 Å². The van der Waals surface area contributed by atoms with Crippen molar-refractivity contribution in [2.24, 2.45) is 5.73 Å². The number of anilines is 1. The molecular weight excluding hydrogens is 176 g/mol. The normalized spacial score (nSPS) is 23.8. The molecule has 14 heavy (non-hydrogen) atoms. The average Bonchev–Trinajstić information content (AvgIpc) is 2.05. The average molecular weight is 192 g/mol. The lowest BCUT2D eigenvalue weighted by atomic mass is 9.90. The molecule has 0 fully saturated rings. The summed E-state index contributed by atoms with van der Waals surface area (Å²) in [5.74, 6) is 0.760. The van der Waals surface area contributed by atoms with Crippen LogP contribution in [0, 0.1) is 0 Å². The minimum absolute atomic E-state index is 0.0252. The monoisotopic (exact) mass is 192 g/mol. The second kappa shape index (κ2) is 2.89. The highest BCUT2D eigenvalue weighted by atomic mass is 16.5. The standard InChI is InChI=1S/C11H16N2O/c1-11(2)6-9(13)7-4-3-5-8(12)10(7)14-11/h3-5,9H,6,12-13H2,1-2H3. The molecule has 3 heteroatoms. The summed E-state index contributed by atoms with van der Waals surface area (Å²) in [6.07, 6.45) is 0.823. The third kappa shape index (κ3) is 1.44. The summed E-state index contributed by atoms with van der Waals surface area (Å²) >= 11 is 0. The number of benzene rings is 1. The quantitative estimate of drug-likeness (QED) is 0.616. The van der Waals surface area contributed by atoms with Crippen molar-refractivity contribution in [1.29, 1.82) is 0 Å². The first kappa shape index (κ1) is 9.34. The van der Waals surface area contributed by atoms with Gasteiger partial charge in [-0.2, -0.15) is 0 Å². The summed E-state index contributed by atoms with van der Waals surface area (Å²) in [5.41, 5.74) is 13.4. The molecule has 1 aliphatic rings. The fourth-order valence-electron chi connectivity index (χ4n) is 1.94. The molecule has 2 rings (SSSR count). The molecule has 0 saturated carbocycles. The number of ether oxygens (including phenoxy) is 1. The zero-order valence-corrected chi connectivity index (χ0v) is 8.58. The van der Waals surface area contributed by atoms with Crippen molar-refractivity contribution < 1.29 is 4.74 Å². The minimum Gasteiger partial charge on any atom is -0.485 e. The van der Waals surface area contributed by atoms with Gasteiger partial charge in [0.1, 0.15) is 11.4 Å². The Morgan fingerprint density at radius 2 is 2.14 bits per heavy atom. The third-order valence-electron chi connectivity index (χ3n) is 2.57. The van der Waals surface area contributed by atoms with Gasteiger partial charge in [-0.1, -0.05) is 12.1 Å². The molecule has 0 aromatic heterocycles. The summed E-state index contributed by atoms with van der Waals surface area (Å²) < 4.78 is 5.82. The van der Waals surface area contributed by atoms with Crippen molar-refractivity contribution in [2.75, 3.05) is 5.73 Å². The maximum absolute atomic E-state index is 6.06. The SMILES string of the molecule is CC1(C)CC(N)c2cccc(N)c2O1. The molecule has 4 N–H and O–H groups in total. The smallest absolute Gasteiger partial charge is 0.147 e. The van der Waals surface area contributed by atoms with E-state index in [0.717, 1.165) is 17.7 Å². The van der Waals surface area contributed by atoms with Gasteiger partial charge in [0.15, 0.2) is 0 Å². The predicted molar refractivity (Wildman–Crippen MR) is 57.1 cm³/mol. The van der Waals surface area contributed by atoms with E-state index in [1.165, 1.54) is 0 Å². The summed E-state index contributed by atoms with van der Waals surface area (Å²) in [7, 11) is 0. The van der Waals surface area contributed by atoms with E-state index >= 15 is 0 Å². The Labute approximate surface area is 84.0 Å². The molecular formula is C11H16N2O. The van der Waals surface area contributed by atoms with Gasteiger partial charge in [-0.05, 0) is 19.9 Å². The van der Waals surface area contributed by atoms with Crippen LogP contribution in [0.15, 0.2) is 18.2 Å². The molecule has 0 radical (unpaired) electrons. The fourth-order valence-corrected chi connectivity index (χ4v) is 1.94. The number of fused-ring (bicyclic) bond motifs is 1. The number of nitrogens with two attached hydrogens (primary N) is 2. The summed E-state index contributed by atoms with van der Waals surface area (Å²) in [5, 5.41) is 0. The molecule has 1 aliphatic heterocycles. The molecule has 0 spiro atoms. The highest BCUT2D eigenvalue weighted by Crippen LogP contribution is 2.41. The van der Waals surface area contributed by atoms with E-state index in [0.29, 0.717) is 5.69 Å². The Kier molecular flexibility index (Phi) is 1.93. The molecule has 1 unspecified atom stereocenters. The van der Waals surface area contributed by atoms with Crippen LogP contribution in [0.2, 0.25) is 0 Å². The first-order valence-corrected chi connectivity index (χ1v) is 4.82. The van der Waals surface area contributed by atoms with Crippen LogP contribution in [-0.4, -0.2) is 5.60 Å². The van der Waals surface area contributed by atoms with Crippen LogP contribution in [0.3, 0.4) is 0 Å². The molecule has 76 valence electrons. The Morgan fingerprint density at radius 3 is 2.86 bits per heavy atom. The van der Waals surface area contributed by atoms with Gasteiger partial charge < -0.3 is 16.2 Å². The Bertz CT molecular complexity index is 360. The topological polar surface area (TPSA) is 61.3 Å². The molecule has 3 nitrogen and oxygen atoms in total. The zero-order chi connectivity index (χ0) is 10.3. The van der Waals surface area contributed by atoms with Crippen LogP contribution in [0.4, 0.5) is 5.69 Å². The highest BCUT2D eigenvalue weighted by Gasteiger charge is 2.32. The molecule has 1 aromatic carbocycles. The van der Waals surface area contributed by atoms with Gasteiger partial charge in [0.2, 0.25) is 0 Å². The largest absolute Gasteiger partial charge is 0.485 e. The Hall–Kier alpha value is -1.22. The van der Waals surface area contributed by atoms with E-state index in [9.17, 15) is 0 Å². The molecule has 0 saturated heterocycles. The number of hydrogen-bond acceptors (Lipinski definition) is 3. The van der Waals surface area contributed by atoms with Crippen molar-refractivity contribution in [2.45, 2.75) is 31.9 Å². The first-order chi connectivity index (χ1) is 6.49. The Morgan fingerprint density at radius 1 is 1.43 bits per heavy atom. The molecule has 0 aliphatic carbocycles. The molecule has 0 bridgehead atoms. The fraction of sp³-hybridized carbons (Fsp3) is 0.455. The van der Waals surface area contributed by atoms with Crippen molar-refractivity contribution in [1.82, 2.24) is 0 Å². The van der Waals surface area contributed by atoms with Gasteiger partial charge in [-0.3, -0.25) is 0 Å². The maximum atomic E-state index is 6.06. The highest BCUT2D eigenvalue weighted by molar-refractivity contribution is 5.58. The number of para-hydroxylation sites is 1. The van der Waals surface area contributed by atoms with E-state index in [2.05, 4.69) is 0 Å². The van der Waals surface area contributed by atoms with Gasteiger partial charge >= 0.3 is 0 Å². The van der Waals surface area contributed by atoms with Crippen molar-refractivity contribution in [3.05, 3.63) is 23.8 Å². The van der Waals surface area contributed by atoms with Gasteiger partial charge in [0.25, 0.3) is 0 Å². The van der Waals surface area contributed by atoms with Gasteiger partial charge in [-0.15, -0.1) is 0 Å². The zero-order valence-electron chi connectivity index (χ0n) is 8.58. The second-order valence-electron chi connectivity index (χ2n) is 4.44. The number of rotatable bonds is 0. The molecule has 1 aromatic rings. The van der Waals surface area contributed by atoms with Crippen LogP contribution < -0.4 is 16.2 Å². The lowest BCUT2D eigenvalue weighted by Crippen LogP contribution is -2.37. The van der Waals surface area contributed by atoms with Crippen LogP contribution in [0.5, 0.6) is 5.75 Å². The molecule has 1 atom stereocenters. The molecule has 1 heterocycles. The second-order valence-corrected chi connectivity index (χ2v) is 4.44. The van der Waals surface area contributed by atoms with E-state index in [1.54, 1.807) is 0 Å². The summed E-state index contributed by atoms with van der Waals surface area (Å²) in [4.78, 5) is 0. The lowest BCUT2D eigenvalue weighted by molar-refractivity contribution is 0.0739. The van der Waals surface area contributed by atoms with Crippen molar-refractivity contribution in [3.8, 4) is 5.75 Å². The van der Waals surface area contributed by atoms with Gasteiger partial charge in [0.05, 0.1) is 5.69 Å². The number of hydrogen-bond donors (Lipinski definition) is 2. The van der Waals surface area contributed by atoms with Crippen LogP contribution in [0.1, 0.15) is 31.9 Å². The van der Waals surface area contributed by atoms with E-state index in [1.807, 2.05) is 32.0 Å². The predicted octanol–water partition coefficient (Wildman–Crippen LogP) is 1.83. The number of nitrogen functional groups attached to an aromatic ring is 1. The van der Waals surface area contributed by atoms with E-state index in [-0.39, 0.29) is 11.6 Å². The van der Waals surface area contributed by atoms with E-state index < -0.39 is 0 Å². The van der Waals surface area contributed by atoms with Crippen molar-refractivity contribution in [3.63, 3.8) is 0 Å². The van der Waals surface area contributed by atoms with Crippen molar-refractivity contribution >= 4 is 5.69 Å². The van der Waals surface area contributed by atoms with Gasteiger partial charge in [-0.25, -0.2) is 0 Å². The minimum atomic E-state index is -0.220. The maximum Gasteiger partial charge on any atom is 0.147 e. The third-order valence-corrected chi connectivity index (χ3v) is 2.57. The van der Waals surface area contributed by atoms with Crippen LogP contribution in [-0.2, 0) is 0 Å². The summed E-state index contributed by atoms with van der Waals surface area (Å²) in [6.45, 7) is 4.06. The lowest BCUT2D eigenvalue weighted by Gasteiger charge is -2.36. The van der Waals surface area contributed by atoms with Crippen LogP contribution >= 0.6 is 0 Å². The first-order valence-electron chi connectivity index (χ1n) is 4.82. The molecule has 0 amide bonds. The Balaban J connectivity index is 2.51.